The lowest BCUT2D eigenvalue weighted by Gasteiger charge is -2.26. The smallest absolute Gasteiger partial charge is 0.0396 e. The Labute approximate surface area is 130 Å². The lowest BCUT2D eigenvalue weighted by Crippen LogP contribution is -2.27. The number of nitrogens with zero attached hydrogens (tertiary/aromatic N) is 2. The first kappa shape index (κ1) is 16.3. The highest BCUT2D eigenvalue weighted by atomic mass is 15.1. The molecule has 1 aromatic carbocycles. The highest BCUT2D eigenvalue weighted by molar-refractivity contribution is 5.54. The molecular formula is C18H31N3. The highest BCUT2D eigenvalue weighted by Gasteiger charge is 2.20. The topological polar surface area (TPSA) is 18.5 Å². The molecule has 0 aromatic heterocycles. The predicted molar refractivity (Wildman–Crippen MR) is 92.1 cm³/mol. The van der Waals surface area contributed by atoms with Crippen LogP contribution in [0.4, 0.5) is 5.69 Å². The van der Waals surface area contributed by atoms with Gasteiger partial charge in [0.1, 0.15) is 0 Å². The van der Waals surface area contributed by atoms with E-state index in [1.165, 1.54) is 36.1 Å². The number of hydrogen-bond donors (Lipinski definition) is 1. The van der Waals surface area contributed by atoms with Gasteiger partial charge in [0.15, 0.2) is 0 Å². The molecule has 1 aromatic rings. The Morgan fingerprint density at radius 1 is 1.19 bits per heavy atom. The van der Waals surface area contributed by atoms with Crippen molar-refractivity contribution in [3.8, 4) is 0 Å². The van der Waals surface area contributed by atoms with Crippen LogP contribution in [-0.2, 0) is 6.54 Å². The maximum absolute atomic E-state index is 3.59. The first-order valence-electron chi connectivity index (χ1n) is 8.32. The molecule has 1 saturated carbocycles. The number of benzene rings is 1. The summed E-state index contributed by atoms with van der Waals surface area (Å²) in [6.07, 6.45) is 3.92. The zero-order valence-corrected chi connectivity index (χ0v) is 14.2. The number of hydrogen-bond acceptors (Lipinski definition) is 3. The molecule has 0 atom stereocenters. The van der Waals surface area contributed by atoms with Crippen LogP contribution in [0.3, 0.4) is 0 Å². The van der Waals surface area contributed by atoms with E-state index in [1.807, 2.05) is 0 Å². The first-order valence-corrected chi connectivity index (χ1v) is 8.32. The maximum atomic E-state index is 3.59. The van der Waals surface area contributed by atoms with E-state index in [2.05, 4.69) is 61.3 Å². The van der Waals surface area contributed by atoms with E-state index >= 15 is 0 Å². The molecule has 0 amide bonds. The molecule has 0 saturated heterocycles. The summed E-state index contributed by atoms with van der Waals surface area (Å²) in [7, 11) is 4.28. The highest BCUT2D eigenvalue weighted by Crippen LogP contribution is 2.23. The number of anilines is 1. The van der Waals surface area contributed by atoms with Crippen LogP contribution >= 0.6 is 0 Å². The lowest BCUT2D eigenvalue weighted by atomic mass is 10.1. The van der Waals surface area contributed by atoms with Crippen molar-refractivity contribution in [2.45, 2.75) is 45.7 Å². The Balaban J connectivity index is 1.92. The van der Waals surface area contributed by atoms with Gasteiger partial charge in [0.2, 0.25) is 0 Å². The summed E-state index contributed by atoms with van der Waals surface area (Å²) >= 11 is 0. The summed E-state index contributed by atoms with van der Waals surface area (Å²) in [5.74, 6) is 0. The average Bonchev–Trinajstić information content (AvgIpc) is 3.26. The largest absolute Gasteiger partial charge is 0.372 e. The summed E-state index contributed by atoms with van der Waals surface area (Å²) in [5, 5.41) is 3.59. The van der Waals surface area contributed by atoms with Gasteiger partial charge in [-0.05, 0) is 70.9 Å². The summed E-state index contributed by atoms with van der Waals surface area (Å²) in [4.78, 5) is 4.75. The Bertz CT molecular complexity index is 438. The minimum Gasteiger partial charge on any atom is -0.372 e. The van der Waals surface area contributed by atoms with Crippen LogP contribution in [0.25, 0.3) is 0 Å². The van der Waals surface area contributed by atoms with Gasteiger partial charge in [-0.2, -0.15) is 0 Å². The molecule has 0 radical (unpaired) electrons. The fourth-order valence-corrected chi connectivity index (χ4v) is 2.76. The van der Waals surface area contributed by atoms with Gasteiger partial charge in [-0.15, -0.1) is 0 Å². The normalized spacial score (nSPS) is 14.7. The van der Waals surface area contributed by atoms with Gasteiger partial charge in [0.05, 0.1) is 0 Å². The molecule has 1 fully saturated rings. The minimum absolute atomic E-state index is 0.781. The van der Waals surface area contributed by atoms with Crippen molar-refractivity contribution in [2.24, 2.45) is 0 Å². The molecule has 118 valence electrons. The summed E-state index contributed by atoms with van der Waals surface area (Å²) in [6, 6.07) is 7.72. The number of rotatable bonds is 9. The van der Waals surface area contributed by atoms with E-state index in [1.54, 1.807) is 0 Å². The second kappa shape index (κ2) is 7.81. The van der Waals surface area contributed by atoms with Crippen molar-refractivity contribution >= 4 is 5.69 Å². The summed E-state index contributed by atoms with van der Waals surface area (Å²) in [6.45, 7) is 8.86. The van der Waals surface area contributed by atoms with Crippen LogP contribution in [-0.4, -0.2) is 44.7 Å². The van der Waals surface area contributed by atoms with Gasteiger partial charge in [-0.25, -0.2) is 0 Å². The first-order chi connectivity index (χ1) is 10.1. The van der Waals surface area contributed by atoms with Crippen molar-refractivity contribution < 1.29 is 0 Å². The third-order valence-electron chi connectivity index (χ3n) is 4.19. The van der Waals surface area contributed by atoms with Crippen molar-refractivity contribution in [1.29, 1.82) is 0 Å². The summed E-state index contributed by atoms with van der Waals surface area (Å²) < 4.78 is 0. The van der Waals surface area contributed by atoms with E-state index < -0.39 is 0 Å². The van der Waals surface area contributed by atoms with Crippen LogP contribution in [0.15, 0.2) is 18.2 Å². The standard InChI is InChI=1S/C18H31N3/c1-5-21(12-6-11-20(3)4)18-10-7-16(13-15(18)2)14-19-17-8-9-17/h7,10,13,17,19H,5-6,8-9,11-12,14H2,1-4H3. The Hall–Kier alpha value is -1.06. The lowest BCUT2D eigenvalue weighted by molar-refractivity contribution is 0.400. The molecule has 0 unspecified atom stereocenters. The van der Waals surface area contributed by atoms with E-state index in [9.17, 15) is 0 Å². The molecule has 0 bridgehead atoms. The zero-order valence-electron chi connectivity index (χ0n) is 14.2. The van der Waals surface area contributed by atoms with Crippen molar-refractivity contribution in [3.63, 3.8) is 0 Å². The fourth-order valence-electron chi connectivity index (χ4n) is 2.76. The SMILES string of the molecule is CCN(CCCN(C)C)c1ccc(CNC2CC2)cc1C. The van der Waals surface area contributed by atoms with Crippen molar-refractivity contribution in [3.05, 3.63) is 29.3 Å². The van der Waals surface area contributed by atoms with E-state index in [0.717, 1.165) is 32.2 Å². The fraction of sp³-hybridized carbons (Fsp3) is 0.667. The number of nitrogens with one attached hydrogen (secondary N) is 1. The third-order valence-corrected chi connectivity index (χ3v) is 4.19. The molecule has 2 rings (SSSR count). The van der Waals surface area contributed by atoms with Crippen molar-refractivity contribution in [2.75, 3.05) is 38.6 Å². The quantitative estimate of drug-likeness (QED) is 0.754. The second-order valence-corrected chi connectivity index (χ2v) is 6.51. The molecule has 1 aliphatic carbocycles. The Morgan fingerprint density at radius 2 is 1.95 bits per heavy atom. The molecule has 3 nitrogen and oxygen atoms in total. The van der Waals surface area contributed by atoms with Gasteiger partial charge < -0.3 is 15.1 Å². The monoisotopic (exact) mass is 289 g/mol. The van der Waals surface area contributed by atoms with Crippen molar-refractivity contribution in [1.82, 2.24) is 10.2 Å². The Morgan fingerprint density at radius 3 is 2.52 bits per heavy atom. The van der Waals surface area contributed by atoms with Crippen LogP contribution in [0.2, 0.25) is 0 Å². The van der Waals surface area contributed by atoms with Gasteiger partial charge in [0, 0.05) is 31.4 Å². The molecule has 0 aliphatic heterocycles. The molecule has 3 heteroatoms. The van der Waals surface area contributed by atoms with E-state index in [-0.39, 0.29) is 0 Å². The predicted octanol–water partition coefficient (Wildman–Crippen LogP) is 3.03. The van der Waals surface area contributed by atoms with E-state index in [0.29, 0.717) is 0 Å². The third kappa shape index (κ3) is 5.33. The van der Waals surface area contributed by atoms with Crippen LogP contribution in [0.5, 0.6) is 0 Å². The molecule has 0 spiro atoms. The van der Waals surface area contributed by atoms with E-state index in [4.69, 9.17) is 0 Å². The Kier molecular flexibility index (Phi) is 6.07. The number of aryl methyl sites for hydroxylation is 1. The van der Waals surface area contributed by atoms with Gasteiger partial charge in [0.25, 0.3) is 0 Å². The second-order valence-electron chi connectivity index (χ2n) is 6.51. The molecular weight excluding hydrogens is 258 g/mol. The van der Waals surface area contributed by atoms with Gasteiger partial charge >= 0.3 is 0 Å². The average molecular weight is 289 g/mol. The van der Waals surface area contributed by atoms with Crippen LogP contribution < -0.4 is 10.2 Å². The minimum atomic E-state index is 0.781. The van der Waals surface area contributed by atoms with Gasteiger partial charge in [-0.1, -0.05) is 12.1 Å². The summed E-state index contributed by atoms with van der Waals surface area (Å²) in [5.41, 5.74) is 4.20. The van der Waals surface area contributed by atoms with Gasteiger partial charge in [-0.3, -0.25) is 0 Å². The maximum Gasteiger partial charge on any atom is 0.0396 e. The van der Waals surface area contributed by atoms with Crippen LogP contribution in [0.1, 0.15) is 37.3 Å². The molecule has 1 aliphatic rings. The molecule has 0 heterocycles. The molecule has 1 N–H and O–H groups in total. The van der Waals surface area contributed by atoms with Crippen LogP contribution in [0, 0.1) is 6.92 Å². The molecule has 21 heavy (non-hydrogen) atoms. The zero-order chi connectivity index (χ0) is 15.2.